The van der Waals surface area contributed by atoms with Gasteiger partial charge in [0, 0.05) is 0 Å². The Labute approximate surface area is 75.6 Å². The van der Waals surface area contributed by atoms with Gasteiger partial charge in [-0.05, 0) is 19.8 Å². The minimum absolute atomic E-state index is 0.288. The van der Waals surface area contributed by atoms with Gasteiger partial charge in [-0.3, -0.25) is 0 Å². The average Bonchev–Trinajstić information content (AvgIpc) is 2.52. The Morgan fingerprint density at radius 3 is 2.54 bits per heavy atom. The van der Waals surface area contributed by atoms with Crippen LogP contribution in [0.1, 0.15) is 19.8 Å². The molecule has 2 atom stereocenters. The minimum Gasteiger partial charge on any atom is -0.479 e. The molecule has 1 N–H and O–H groups in total. The van der Waals surface area contributed by atoms with Crippen LogP contribution in [0.2, 0.25) is 0 Å². The van der Waals surface area contributed by atoms with Crippen LogP contribution < -0.4 is 0 Å². The molecule has 0 saturated carbocycles. The van der Waals surface area contributed by atoms with Crippen LogP contribution in [0, 0.1) is 0 Å². The van der Waals surface area contributed by atoms with Crippen molar-refractivity contribution < 1.29 is 24.2 Å². The van der Waals surface area contributed by atoms with Crippen LogP contribution >= 0.6 is 0 Å². The van der Waals surface area contributed by atoms with Crippen LogP contribution in [0.3, 0.4) is 0 Å². The second-order valence-corrected chi connectivity index (χ2v) is 2.78. The topological polar surface area (TPSA) is 72.8 Å². The second-order valence-electron chi connectivity index (χ2n) is 2.78. The van der Waals surface area contributed by atoms with E-state index in [2.05, 4.69) is 0 Å². The summed E-state index contributed by atoms with van der Waals surface area (Å²) < 4.78 is 9.66. The molecule has 1 aliphatic heterocycles. The smallest absolute Gasteiger partial charge is 0.335 e. The normalized spacial score (nSPS) is 27.2. The summed E-state index contributed by atoms with van der Waals surface area (Å²) >= 11 is 0. The number of carbonyl (C=O) groups excluding carboxylic acids is 1. The molecule has 0 aliphatic carbocycles. The van der Waals surface area contributed by atoms with Crippen LogP contribution in [0.15, 0.2) is 0 Å². The molecule has 1 saturated heterocycles. The molecule has 0 aromatic rings. The standard InChI is InChI=1S/C8H12O5/c1-2-12-8(11)6-4-3-5(13-6)7(9)10/h5-6H,2-4H2,1H3,(H,9,10). The number of aliphatic carboxylic acids is 1. The van der Waals surface area contributed by atoms with Crippen molar-refractivity contribution in [2.24, 2.45) is 0 Å². The molecule has 0 radical (unpaired) electrons. The average molecular weight is 188 g/mol. The summed E-state index contributed by atoms with van der Waals surface area (Å²) in [6.45, 7) is 1.98. The number of carboxylic acid groups (broad SMARTS) is 1. The highest BCUT2D eigenvalue weighted by Gasteiger charge is 2.35. The molecule has 1 fully saturated rings. The van der Waals surface area contributed by atoms with Gasteiger partial charge in [0.1, 0.15) is 0 Å². The molecule has 5 heteroatoms. The van der Waals surface area contributed by atoms with E-state index in [0.717, 1.165) is 0 Å². The number of rotatable bonds is 3. The highest BCUT2D eigenvalue weighted by molar-refractivity contribution is 5.78. The molecular formula is C8H12O5. The Balaban J connectivity index is 2.40. The van der Waals surface area contributed by atoms with E-state index in [1.165, 1.54) is 0 Å². The molecular weight excluding hydrogens is 176 g/mol. The number of ether oxygens (including phenoxy) is 2. The number of hydrogen-bond acceptors (Lipinski definition) is 4. The van der Waals surface area contributed by atoms with Crippen LogP contribution in [0.25, 0.3) is 0 Å². The zero-order valence-corrected chi connectivity index (χ0v) is 7.36. The first-order valence-electron chi connectivity index (χ1n) is 4.20. The van der Waals surface area contributed by atoms with E-state index in [1.807, 2.05) is 0 Å². The van der Waals surface area contributed by atoms with Crippen molar-refractivity contribution in [3.63, 3.8) is 0 Å². The number of esters is 1. The first-order chi connectivity index (χ1) is 6.15. The van der Waals surface area contributed by atoms with Gasteiger partial charge in [-0.15, -0.1) is 0 Å². The first kappa shape index (κ1) is 9.98. The maximum absolute atomic E-state index is 11.1. The lowest BCUT2D eigenvalue weighted by molar-refractivity contribution is -0.161. The highest BCUT2D eigenvalue weighted by Crippen LogP contribution is 2.20. The van der Waals surface area contributed by atoms with Gasteiger partial charge in [-0.25, -0.2) is 9.59 Å². The van der Waals surface area contributed by atoms with E-state index in [0.29, 0.717) is 12.8 Å². The zero-order valence-electron chi connectivity index (χ0n) is 7.36. The van der Waals surface area contributed by atoms with E-state index in [9.17, 15) is 9.59 Å². The Morgan fingerprint density at radius 1 is 1.46 bits per heavy atom. The molecule has 1 rings (SSSR count). The van der Waals surface area contributed by atoms with Crippen molar-refractivity contribution in [2.75, 3.05) is 6.61 Å². The van der Waals surface area contributed by atoms with E-state index < -0.39 is 24.1 Å². The van der Waals surface area contributed by atoms with Crippen molar-refractivity contribution in [2.45, 2.75) is 32.0 Å². The van der Waals surface area contributed by atoms with E-state index >= 15 is 0 Å². The van der Waals surface area contributed by atoms with Crippen molar-refractivity contribution in [3.8, 4) is 0 Å². The van der Waals surface area contributed by atoms with E-state index in [1.54, 1.807) is 6.92 Å². The molecule has 2 unspecified atom stereocenters. The maximum atomic E-state index is 11.1. The quantitative estimate of drug-likeness (QED) is 0.639. The number of hydrogen-bond donors (Lipinski definition) is 1. The number of carboxylic acids is 1. The predicted molar refractivity (Wildman–Crippen MR) is 42.2 cm³/mol. The summed E-state index contributed by atoms with van der Waals surface area (Å²) in [5, 5.41) is 8.57. The molecule has 13 heavy (non-hydrogen) atoms. The predicted octanol–water partition coefficient (Wildman–Crippen LogP) is 0.182. The Morgan fingerprint density at radius 2 is 2.08 bits per heavy atom. The molecule has 0 amide bonds. The van der Waals surface area contributed by atoms with Crippen LogP contribution in [-0.4, -0.2) is 35.9 Å². The third-order valence-corrected chi connectivity index (χ3v) is 1.84. The Hall–Kier alpha value is -1.10. The maximum Gasteiger partial charge on any atom is 0.335 e. The lowest BCUT2D eigenvalue weighted by atomic mass is 10.2. The number of carbonyl (C=O) groups is 2. The van der Waals surface area contributed by atoms with Gasteiger partial charge in [0.25, 0.3) is 0 Å². The lowest BCUT2D eigenvalue weighted by Gasteiger charge is -2.09. The fourth-order valence-corrected chi connectivity index (χ4v) is 1.23. The molecule has 74 valence electrons. The van der Waals surface area contributed by atoms with E-state index in [4.69, 9.17) is 14.6 Å². The summed E-state index contributed by atoms with van der Waals surface area (Å²) in [4.78, 5) is 21.5. The Bertz CT molecular complexity index is 213. The molecule has 1 aliphatic rings. The van der Waals surface area contributed by atoms with Gasteiger partial charge in [0.2, 0.25) is 0 Å². The first-order valence-corrected chi connectivity index (χ1v) is 4.20. The third-order valence-electron chi connectivity index (χ3n) is 1.84. The van der Waals surface area contributed by atoms with Gasteiger partial charge in [0.15, 0.2) is 12.2 Å². The Kier molecular flexibility index (Phi) is 3.25. The third kappa shape index (κ3) is 2.42. The van der Waals surface area contributed by atoms with Crippen molar-refractivity contribution in [1.82, 2.24) is 0 Å². The largest absolute Gasteiger partial charge is 0.479 e. The van der Waals surface area contributed by atoms with E-state index in [-0.39, 0.29) is 6.61 Å². The summed E-state index contributed by atoms with van der Waals surface area (Å²) in [7, 11) is 0. The summed E-state index contributed by atoms with van der Waals surface area (Å²) in [5.74, 6) is -1.49. The van der Waals surface area contributed by atoms with Crippen molar-refractivity contribution in [1.29, 1.82) is 0 Å². The van der Waals surface area contributed by atoms with Gasteiger partial charge >= 0.3 is 11.9 Å². The van der Waals surface area contributed by atoms with Crippen LogP contribution in [0.4, 0.5) is 0 Å². The van der Waals surface area contributed by atoms with Crippen LogP contribution in [0.5, 0.6) is 0 Å². The summed E-state index contributed by atoms with van der Waals surface area (Å²) in [6, 6.07) is 0. The summed E-state index contributed by atoms with van der Waals surface area (Å²) in [5.41, 5.74) is 0. The van der Waals surface area contributed by atoms with Gasteiger partial charge < -0.3 is 14.6 Å². The monoisotopic (exact) mass is 188 g/mol. The van der Waals surface area contributed by atoms with Crippen LogP contribution in [-0.2, 0) is 19.1 Å². The minimum atomic E-state index is -1.02. The van der Waals surface area contributed by atoms with Gasteiger partial charge in [-0.1, -0.05) is 0 Å². The molecule has 0 aromatic carbocycles. The molecule has 5 nitrogen and oxygen atoms in total. The molecule has 1 heterocycles. The summed E-state index contributed by atoms with van der Waals surface area (Å²) in [6.07, 6.45) is -0.746. The van der Waals surface area contributed by atoms with Gasteiger partial charge in [0.05, 0.1) is 6.61 Å². The zero-order chi connectivity index (χ0) is 9.84. The fraction of sp³-hybridized carbons (Fsp3) is 0.750. The van der Waals surface area contributed by atoms with Crippen molar-refractivity contribution >= 4 is 11.9 Å². The molecule has 0 bridgehead atoms. The fourth-order valence-electron chi connectivity index (χ4n) is 1.23. The second kappa shape index (κ2) is 4.23. The highest BCUT2D eigenvalue weighted by atomic mass is 16.6. The molecule has 0 spiro atoms. The molecule has 0 aromatic heterocycles. The lowest BCUT2D eigenvalue weighted by Crippen LogP contribution is -2.26. The van der Waals surface area contributed by atoms with Crippen molar-refractivity contribution in [3.05, 3.63) is 0 Å². The van der Waals surface area contributed by atoms with Gasteiger partial charge in [-0.2, -0.15) is 0 Å². The SMILES string of the molecule is CCOC(=O)C1CCC(C(=O)O)O1.